The average molecular weight is 466 g/mol. The third-order valence-electron chi connectivity index (χ3n) is 5.05. The summed E-state index contributed by atoms with van der Waals surface area (Å²) in [7, 11) is 1.27. The summed E-state index contributed by atoms with van der Waals surface area (Å²) in [6.45, 7) is 2.98. The molecule has 1 atom stereocenters. The standard InChI is InChI=1S/C24H19FN2O5S/c1-13-20(23(30)31-3)21(16-6-10-18(11-7-16)32-14(2)28)27-22(29)19(33-24(27)26-13)12-15-4-8-17(25)9-5-15/h4-12,21H,1-3H3. The molecule has 0 N–H and O–H groups in total. The first-order valence-corrected chi connectivity index (χ1v) is 10.7. The molecule has 0 saturated heterocycles. The monoisotopic (exact) mass is 466 g/mol. The fourth-order valence-electron chi connectivity index (χ4n) is 3.60. The Morgan fingerprint density at radius 2 is 1.79 bits per heavy atom. The Labute approximate surface area is 191 Å². The molecule has 9 heteroatoms. The van der Waals surface area contributed by atoms with Gasteiger partial charge in [0.05, 0.1) is 29.0 Å². The van der Waals surface area contributed by atoms with Gasteiger partial charge in [0.15, 0.2) is 4.80 Å². The van der Waals surface area contributed by atoms with Crippen molar-refractivity contribution in [3.05, 3.63) is 96.4 Å². The number of hydrogen-bond acceptors (Lipinski definition) is 7. The minimum Gasteiger partial charge on any atom is -0.466 e. The Hall–Kier alpha value is -3.85. The highest BCUT2D eigenvalue weighted by atomic mass is 32.1. The SMILES string of the molecule is COC(=O)C1=C(C)N=c2sc(=Cc3ccc(F)cc3)c(=O)n2C1c1ccc(OC(C)=O)cc1. The summed E-state index contributed by atoms with van der Waals surface area (Å²) >= 11 is 1.17. The van der Waals surface area contributed by atoms with Gasteiger partial charge in [0.25, 0.3) is 5.56 Å². The van der Waals surface area contributed by atoms with E-state index in [1.807, 2.05) is 0 Å². The molecule has 0 spiro atoms. The second-order valence-electron chi connectivity index (χ2n) is 7.29. The van der Waals surface area contributed by atoms with Crippen molar-refractivity contribution in [1.82, 2.24) is 4.57 Å². The van der Waals surface area contributed by atoms with Crippen LogP contribution >= 0.6 is 11.3 Å². The number of hydrogen-bond donors (Lipinski definition) is 0. The van der Waals surface area contributed by atoms with Crippen molar-refractivity contribution >= 4 is 29.4 Å². The molecule has 1 aliphatic heterocycles. The van der Waals surface area contributed by atoms with Gasteiger partial charge in [-0.1, -0.05) is 35.6 Å². The van der Waals surface area contributed by atoms with E-state index in [-0.39, 0.29) is 16.9 Å². The minimum absolute atomic E-state index is 0.235. The Morgan fingerprint density at radius 3 is 2.39 bits per heavy atom. The summed E-state index contributed by atoms with van der Waals surface area (Å²) in [4.78, 5) is 42.2. The average Bonchev–Trinajstić information content (AvgIpc) is 3.08. The molecule has 4 rings (SSSR count). The lowest BCUT2D eigenvalue weighted by Gasteiger charge is -2.24. The van der Waals surface area contributed by atoms with Gasteiger partial charge in [-0.25, -0.2) is 14.2 Å². The molecule has 0 radical (unpaired) electrons. The zero-order valence-corrected chi connectivity index (χ0v) is 18.8. The molecular weight excluding hydrogens is 447 g/mol. The number of methoxy groups -OCH3 is 1. The Morgan fingerprint density at radius 1 is 1.12 bits per heavy atom. The highest BCUT2D eigenvalue weighted by Gasteiger charge is 2.33. The molecule has 1 aromatic heterocycles. The number of rotatable bonds is 4. The molecule has 1 unspecified atom stereocenters. The lowest BCUT2D eigenvalue weighted by molar-refractivity contribution is -0.136. The predicted molar refractivity (Wildman–Crippen MR) is 120 cm³/mol. The summed E-state index contributed by atoms with van der Waals surface area (Å²) in [5, 5.41) is 0. The molecule has 0 saturated carbocycles. The van der Waals surface area contributed by atoms with Crippen molar-refractivity contribution in [1.29, 1.82) is 0 Å². The van der Waals surface area contributed by atoms with Gasteiger partial charge in [-0.05, 0) is 48.4 Å². The molecule has 3 aromatic rings. The Balaban J connectivity index is 1.90. The van der Waals surface area contributed by atoms with Crippen molar-refractivity contribution in [2.75, 3.05) is 7.11 Å². The van der Waals surface area contributed by atoms with E-state index in [1.165, 1.54) is 42.1 Å². The van der Waals surface area contributed by atoms with Crippen LogP contribution in [0.15, 0.2) is 69.6 Å². The quantitative estimate of drug-likeness (QED) is 0.436. The van der Waals surface area contributed by atoms with Crippen LogP contribution < -0.4 is 19.6 Å². The first kappa shape index (κ1) is 22.3. The molecule has 168 valence electrons. The van der Waals surface area contributed by atoms with Gasteiger partial charge < -0.3 is 9.47 Å². The van der Waals surface area contributed by atoms with E-state index in [1.54, 1.807) is 49.4 Å². The number of ether oxygens (including phenoxy) is 2. The van der Waals surface area contributed by atoms with Gasteiger partial charge in [-0.15, -0.1) is 0 Å². The number of aromatic nitrogens is 1. The largest absolute Gasteiger partial charge is 0.466 e. The van der Waals surface area contributed by atoms with Crippen LogP contribution in [0.2, 0.25) is 0 Å². The molecule has 0 amide bonds. The minimum atomic E-state index is -0.782. The van der Waals surface area contributed by atoms with Crippen LogP contribution in [0.4, 0.5) is 4.39 Å². The van der Waals surface area contributed by atoms with E-state index in [4.69, 9.17) is 9.47 Å². The molecular formula is C24H19FN2O5S. The topological polar surface area (TPSA) is 87.0 Å². The number of thiazole rings is 1. The van der Waals surface area contributed by atoms with Crippen molar-refractivity contribution in [3.8, 4) is 5.75 Å². The zero-order valence-electron chi connectivity index (χ0n) is 18.0. The second kappa shape index (κ2) is 8.95. The van der Waals surface area contributed by atoms with Gasteiger partial charge in [-0.2, -0.15) is 0 Å². The molecule has 0 bridgehead atoms. The first-order chi connectivity index (χ1) is 15.8. The summed E-state index contributed by atoms with van der Waals surface area (Å²) in [6.07, 6.45) is 1.65. The zero-order chi connectivity index (χ0) is 23.7. The molecule has 0 aliphatic carbocycles. The normalized spacial score (nSPS) is 15.6. The lowest BCUT2D eigenvalue weighted by Crippen LogP contribution is -2.39. The highest BCUT2D eigenvalue weighted by molar-refractivity contribution is 7.07. The molecule has 33 heavy (non-hydrogen) atoms. The van der Waals surface area contributed by atoms with Crippen molar-refractivity contribution in [2.45, 2.75) is 19.9 Å². The Kier molecular flexibility index (Phi) is 6.06. The van der Waals surface area contributed by atoms with Crippen LogP contribution in [-0.2, 0) is 14.3 Å². The van der Waals surface area contributed by atoms with E-state index < -0.39 is 18.0 Å². The molecule has 7 nitrogen and oxygen atoms in total. The lowest BCUT2D eigenvalue weighted by atomic mass is 9.96. The summed E-state index contributed by atoms with van der Waals surface area (Å²) in [5.74, 6) is -1.08. The maximum absolute atomic E-state index is 13.4. The van der Waals surface area contributed by atoms with Crippen molar-refractivity contribution in [2.24, 2.45) is 4.99 Å². The van der Waals surface area contributed by atoms with E-state index >= 15 is 0 Å². The summed E-state index contributed by atoms with van der Waals surface area (Å²) in [5.41, 5.74) is 1.61. The third kappa shape index (κ3) is 4.40. The van der Waals surface area contributed by atoms with Crippen LogP contribution in [0.25, 0.3) is 6.08 Å². The number of allylic oxidation sites excluding steroid dienone is 1. The van der Waals surface area contributed by atoms with Gasteiger partial charge in [0.1, 0.15) is 11.6 Å². The molecule has 2 aromatic carbocycles. The van der Waals surface area contributed by atoms with Crippen LogP contribution in [0, 0.1) is 5.82 Å². The van der Waals surface area contributed by atoms with Crippen LogP contribution in [-0.4, -0.2) is 23.6 Å². The van der Waals surface area contributed by atoms with Gasteiger partial charge in [0, 0.05) is 6.92 Å². The summed E-state index contributed by atoms with van der Waals surface area (Å²) < 4.78 is 25.1. The van der Waals surface area contributed by atoms with Gasteiger partial charge >= 0.3 is 11.9 Å². The fourth-order valence-corrected chi connectivity index (χ4v) is 4.65. The van der Waals surface area contributed by atoms with Crippen molar-refractivity contribution < 1.29 is 23.5 Å². The highest BCUT2D eigenvalue weighted by Crippen LogP contribution is 2.31. The van der Waals surface area contributed by atoms with E-state index in [0.717, 1.165) is 0 Å². The number of carbonyl (C=O) groups is 2. The fraction of sp³-hybridized carbons (Fsp3) is 0.167. The smallest absolute Gasteiger partial charge is 0.338 e. The van der Waals surface area contributed by atoms with Crippen LogP contribution in [0.1, 0.15) is 31.0 Å². The van der Waals surface area contributed by atoms with E-state index in [9.17, 15) is 18.8 Å². The van der Waals surface area contributed by atoms with Gasteiger partial charge in [-0.3, -0.25) is 14.2 Å². The molecule has 2 heterocycles. The molecule has 0 fully saturated rings. The third-order valence-corrected chi connectivity index (χ3v) is 6.04. The predicted octanol–water partition coefficient (Wildman–Crippen LogP) is 2.47. The summed E-state index contributed by atoms with van der Waals surface area (Å²) in [6, 6.07) is 11.5. The first-order valence-electron chi connectivity index (χ1n) is 9.93. The van der Waals surface area contributed by atoms with E-state index in [2.05, 4.69) is 4.99 Å². The number of benzene rings is 2. The molecule has 1 aliphatic rings. The maximum Gasteiger partial charge on any atom is 0.338 e. The van der Waals surface area contributed by atoms with E-state index in [0.29, 0.717) is 31.9 Å². The number of carbonyl (C=O) groups excluding carboxylic acids is 2. The van der Waals surface area contributed by atoms with Crippen LogP contribution in [0.5, 0.6) is 5.75 Å². The number of esters is 2. The maximum atomic E-state index is 13.4. The Bertz CT molecular complexity index is 1450. The van der Waals surface area contributed by atoms with Gasteiger partial charge in [0.2, 0.25) is 0 Å². The number of fused-ring (bicyclic) bond motifs is 1. The number of nitrogens with zero attached hydrogens (tertiary/aromatic N) is 2. The van der Waals surface area contributed by atoms with Crippen molar-refractivity contribution in [3.63, 3.8) is 0 Å². The number of halogens is 1. The van der Waals surface area contributed by atoms with Crippen LogP contribution in [0.3, 0.4) is 0 Å². The second-order valence-corrected chi connectivity index (χ2v) is 8.30.